The zero-order valence-electron chi connectivity index (χ0n) is 13.0. The fourth-order valence-electron chi connectivity index (χ4n) is 4.17. The first-order valence-electron chi connectivity index (χ1n) is 7.84. The topological polar surface area (TPSA) is 65.5 Å². The van der Waals surface area contributed by atoms with Crippen LogP contribution in [0.4, 0.5) is 14.5 Å². The predicted molar refractivity (Wildman–Crippen MR) is 91.2 cm³/mol. The summed E-state index contributed by atoms with van der Waals surface area (Å²) < 4.78 is 27.8. The van der Waals surface area contributed by atoms with Crippen LogP contribution in [0, 0.1) is 10.8 Å². The second-order valence-corrected chi connectivity index (χ2v) is 7.30. The Morgan fingerprint density at radius 1 is 1.33 bits per heavy atom. The van der Waals surface area contributed by atoms with E-state index in [0.29, 0.717) is 52.8 Å². The number of alkyl halides is 2. The lowest BCUT2D eigenvalue weighted by atomic mass is 9.83. The lowest BCUT2D eigenvalue weighted by molar-refractivity contribution is 0.00193. The maximum absolute atomic E-state index is 13.9. The van der Waals surface area contributed by atoms with E-state index in [1.165, 1.54) is 0 Å². The summed E-state index contributed by atoms with van der Waals surface area (Å²) in [6, 6.07) is 3.32. The summed E-state index contributed by atoms with van der Waals surface area (Å²) >= 11 is 6.13. The number of benzene rings is 1. The molecule has 2 fully saturated rings. The third kappa shape index (κ3) is 2.09. The molecule has 1 spiro atoms. The summed E-state index contributed by atoms with van der Waals surface area (Å²) in [4.78, 5) is 6.61. The van der Waals surface area contributed by atoms with Crippen LogP contribution < -0.4 is 5.73 Å². The lowest BCUT2D eigenvalue weighted by Gasteiger charge is -2.33. The van der Waals surface area contributed by atoms with Crippen LogP contribution in [-0.2, 0) is 0 Å². The molecule has 1 aromatic carbocycles. The van der Waals surface area contributed by atoms with Gasteiger partial charge in [-0.25, -0.2) is 13.8 Å². The van der Waals surface area contributed by atoms with E-state index in [4.69, 9.17) is 22.7 Å². The predicted octanol–water partition coefficient (Wildman–Crippen LogP) is 4.15. The molecule has 4 rings (SSSR count). The minimum Gasteiger partial charge on any atom is -0.384 e. The van der Waals surface area contributed by atoms with E-state index in [1.807, 2.05) is 4.90 Å². The van der Waals surface area contributed by atoms with Gasteiger partial charge >= 0.3 is 0 Å². The molecule has 24 heavy (non-hydrogen) atoms. The molecule has 1 aromatic rings. The molecule has 0 radical (unpaired) electrons. The van der Waals surface area contributed by atoms with Crippen molar-refractivity contribution in [2.24, 2.45) is 16.1 Å². The first-order chi connectivity index (χ1) is 11.2. The second kappa shape index (κ2) is 4.79. The molecule has 0 amide bonds. The Morgan fingerprint density at radius 2 is 2.08 bits per heavy atom. The summed E-state index contributed by atoms with van der Waals surface area (Å²) in [6.07, 6.45) is 0.763. The van der Waals surface area contributed by atoms with Crippen LogP contribution in [0.15, 0.2) is 23.7 Å². The molecule has 1 unspecified atom stereocenters. The molecule has 2 aliphatic heterocycles. The minimum atomic E-state index is -2.65. The van der Waals surface area contributed by atoms with E-state index < -0.39 is 11.3 Å². The zero-order chi connectivity index (χ0) is 17.3. The van der Waals surface area contributed by atoms with Gasteiger partial charge in [0.25, 0.3) is 0 Å². The molecule has 1 atom stereocenters. The average molecular weight is 351 g/mol. The van der Waals surface area contributed by atoms with Crippen molar-refractivity contribution in [2.75, 3.05) is 6.54 Å². The van der Waals surface area contributed by atoms with Crippen molar-refractivity contribution in [3.05, 3.63) is 34.9 Å². The van der Waals surface area contributed by atoms with Gasteiger partial charge in [-0.3, -0.25) is 5.41 Å². The maximum atomic E-state index is 13.9. The largest absolute Gasteiger partial charge is 0.384 e. The van der Waals surface area contributed by atoms with Crippen LogP contribution in [0.1, 0.15) is 36.8 Å². The van der Waals surface area contributed by atoms with Crippen molar-refractivity contribution in [1.29, 1.82) is 5.41 Å². The van der Waals surface area contributed by atoms with Gasteiger partial charge in [-0.15, -0.1) is 0 Å². The summed E-state index contributed by atoms with van der Waals surface area (Å²) in [5.74, 6) is -2.16. The minimum absolute atomic E-state index is 0.112. The number of amidine groups is 2. The normalized spacial score (nSPS) is 27.2. The number of nitrogen functional groups attached to an aromatic ring is 1. The molecule has 2 heterocycles. The highest BCUT2D eigenvalue weighted by atomic mass is 35.5. The zero-order valence-corrected chi connectivity index (χ0v) is 13.8. The number of halogens is 3. The molecule has 1 saturated heterocycles. The number of rotatable bonds is 1. The third-order valence-corrected chi connectivity index (χ3v) is 5.55. The molecule has 0 bridgehead atoms. The van der Waals surface area contributed by atoms with Crippen LogP contribution in [0.2, 0.25) is 5.02 Å². The van der Waals surface area contributed by atoms with Gasteiger partial charge in [0.2, 0.25) is 5.92 Å². The van der Waals surface area contributed by atoms with E-state index in [0.717, 1.165) is 0 Å². The Bertz CT molecular complexity index is 817. The quantitative estimate of drug-likeness (QED) is 0.590. The van der Waals surface area contributed by atoms with Crippen molar-refractivity contribution in [3.63, 3.8) is 0 Å². The van der Waals surface area contributed by atoms with E-state index in [1.54, 1.807) is 12.1 Å². The number of nitrogens with two attached hydrogens (primary N) is 1. The number of nitrogens with one attached hydrogen (secondary N) is 1. The summed E-state index contributed by atoms with van der Waals surface area (Å²) in [7, 11) is 0. The van der Waals surface area contributed by atoms with Gasteiger partial charge in [-0.1, -0.05) is 18.2 Å². The Balaban J connectivity index is 1.90. The van der Waals surface area contributed by atoms with Gasteiger partial charge in [0.05, 0.1) is 5.69 Å². The summed E-state index contributed by atoms with van der Waals surface area (Å²) in [6.45, 7) is 4.74. The Hall–Kier alpha value is -1.95. The second-order valence-electron chi connectivity index (χ2n) is 6.86. The summed E-state index contributed by atoms with van der Waals surface area (Å²) in [5.41, 5.74) is 7.38. The smallest absolute Gasteiger partial charge is 0.249 e. The lowest BCUT2D eigenvalue weighted by Crippen LogP contribution is -2.35. The molecule has 1 saturated carbocycles. The molecule has 3 aliphatic rings. The molecular formula is C17H17ClF2N4. The number of hydrogen-bond acceptors (Lipinski definition) is 3. The van der Waals surface area contributed by atoms with Gasteiger partial charge in [0.15, 0.2) is 0 Å². The standard InChI is InChI=1S/C17H17ClF2N4/c1-9-11-6-10(18)7-12(14(21)22)13(11)23-15-16(4-5-24(9)15)2-3-17(19,20)8-16/h6-7H,1-5,8H2,(H3,21,22). The SMILES string of the molecule is C=C1c2cc(Cl)cc(C(=N)N)c2N=C2N1CCC21CCC(F)(F)C1. The number of aliphatic imine (C=N–C) groups is 1. The first kappa shape index (κ1) is 15.6. The molecule has 4 nitrogen and oxygen atoms in total. The van der Waals surface area contributed by atoms with Gasteiger partial charge in [-0.05, 0) is 25.0 Å². The highest BCUT2D eigenvalue weighted by molar-refractivity contribution is 6.31. The van der Waals surface area contributed by atoms with E-state index in [9.17, 15) is 8.78 Å². The van der Waals surface area contributed by atoms with E-state index in [-0.39, 0.29) is 18.7 Å². The highest BCUT2D eigenvalue weighted by Gasteiger charge is 2.57. The van der Waals surface area contributed by atoms with Crippen molar-refractivity contribution < 1.29 is 8.78 Å². The van der Waals surface area contributed by atoms with Crippen LogP contribution >= 0.6 is 11.6 Å². The average Bonchev–Trinajstić information content (AvgIpc) is 3.00. The molecule has 126 valence electrons. The van der Waals surface area contributed by atoms with Crippen molar-refractivity contribution in [1.82, 2.24) is 4.90 Å². The van der Waals surface area contributed by atoms with E-state index >= 15 is 0 Å². The fourth-order valence-corrected chi connectivity index (χ4v) is 4.38. The van der Waals surface area contributed by atoms with E-state index in [2.05, 4.69) is 11.6 Å². The van der Waals surface area contributed by atoms with Crippen LogP contribution in [0.25, 0.3) is 5.70 Å². The van der Waals surface area contributed by atoms with Crippen LogP contribution in [0.3, 0.4) is 0 Å². The number of hydrogen-bond donors (Lipinski definition) is 2. The molecule has 0 aromatic heterocycles. The van der Waals surface area contributed by atoms with Crippen LogP contribution in [-0.4, -0.2) is 29.0 Å². The first-order valence-corrected chi connectivity index (χ1v) is 8.22. The molecule has 3 N–H and O–H groups in total. The van der Waals surface area contributed by atoms with Crippen molar-refractivity contribution in [3.8, 4) is 0 Å². The van der Waals surface area contributed by atoms with Crippen LogP contribution in [0.5, 0.6) is 0 Å². The highest BCUT2D eigenvalue weighted by Crippen LogP contribution is 2.56. The van der Waals surface area contributed by atoms with Crippen molar-refractivity contribution in [2.45, 2.75) is 31.6 Å². The molecular weight excluding hydrogens is 334 g/mol. The van der Waals surface area contributed by atoms with Gasteiger partial charge < -0.3 is 10.6 Å². The molecule has 7 heteroatoms. The monoisotopic (exact) mass is 350 g/mol. The number of fused-ring (bicyclic) bond motifs is 3. The molecule has 1 aliphatic carbocycles. The third-order valence-electron chi connectivity index (χ3n) is 5.33. The fraction of sp³-hybridized carbons (Fsp3) is 0.412. The van der Waals surface area contributed by atoms with Crippen molar-refractivity contribution >= 4 is 34.7 Å². The Morgan fingerprint density at radius 3 is 2.71 bits per heavy atom. The van der Waals surface area contributed by atoms with Gasteiger partial charge in [0.1, 0.15) is 11.7 Å². The Labute approximate surface area is 143 Å². The Kier molecular flexibility index (Phi) is 3.10. The maximum Gasteiger partial charge on any atom is 0.249 e. The number of nitrogens with zero attached hydrogens (tertiary/aromatic N) is 2. The summed E-state index contributed by atoms with van der Waals surface area (Å²) in [5, 5.41) is 8.22. The van der Waals surface area contributed by atoms with Gasteiger partial charge in [0, 0.05) is 46.6 Å². The van der Waals surface area contributed by atoms with Gasteiger partial charge in [-0.2, -0.15) is 0 Å².